The molecule has 12 heavy (non-hydrogen) atoms. The quantitative estimate of drug-likeness (QED) is 0.677. The highest BCUT2D eigenvalue weighted by Gasteiger charge is 1.94. The third kappa shape index (κ3) is 1.29. The second-order valence-electron chi connectivity index (χ2n) is 2.46. The summed E-state index contributed by atoms with van der Waals surface area (Å²) in [5.74, 6) is 0. The van der Waals surface area contributed by atoms with Crippen LogP contribution in [-0.4, -0.2) is 4.98 Å². The summed E-state index contributed by atoms with van der Waals surface area (Å²) in [5, 5.41) is 7.40. The molecular weight excluding hydrogens is 168 g/mol. The van der Waals surface area contributed by atoms with E-state index in [1.807, 2.05) is 36.4 Å². The molecule has 2 N–H and O–H groups in total. The van der Waals surface area contributed by atoms with E-state index in [4.69, 9.17) is 5.14 Å². The van der Waals surface area contributed by atoms with E-state index in [-0.39, 0.29) is 0 Å². The molecule has 0 aliphatic rings. The van der Waals surface area contributed by atoms with Crippen molar-refractivity contribution in [1.29, 1.82) is 0 Å². The van der Waals surface area contributed by atoms with Crippen molar-refractivity contribution in [3.05, 3.63) is 36.4 Å². The van der Waals surface area contributed by atoms with Gasteiger partial charge in [-0.05, 0) is 24.1 Å². The van der Waals surface area contributed by atoms with Crippen LogP contribution in [0.15, 0.2) is 41.4 Å². The Kier molecular flexibility index (Phi) is 1.98. The van der Waals surface area contributed by atoms with Gasteiger partial charge in [0.15, 0.2) is 0 Å². The maximum Gasteiger partial charge on any atom is 0.111 e. The van der Waals surface area contributed by atoms with Crippen LogP contribution in [0.5, 0.6) is 0 Å². The fraction of sp³-hybridized carbons (Fsp3) is 0. The van der Waals surface area contributed by atoms with Crippen molar-refractivity contribution < 1.29 is 0 Å². The van der Waals surface area contributed by atoms with Gasteiger partial charge in [0.2, 0.25) is 0 Å². The lowest BCUT2D eigenvalue weighted by atomic mass is 10.2. The highest BCUT2D eigenvalue weighted by Crippen LogP contribution is 2.15. The zero-order valence-electron chi connectivity index (χ0n) is 6.40. The van der Waals surface area contributed by atoms with Gasteiger partial charge in [0.25, 0.3) is 0 Å². The first-order valence-corrected chi connectivity index (χ1v) is 4.50. The van der Waals surface area contributed by atoms with E-state index in [0.717, 1.165) is 15.9 Å². The molecule has 0 bridgehead atoms. The van der Waals surface area contributed by atoms with E-state index < -0.39 is 0 Å². The van der Waals surface area contributed by atoms with Crippen LogP contribution in [0.2, 0.25) is 0 Å². The summed E-state index contributed by atoms with van der Waals surface area (Å²) in [6, 6.07) is 11.9. The fourth-order valence-electron chi connectivity index (χ4n) is 1.11. The number of hydrogen-bond acceptors (Lipinski definition) is 3. The van der Waals surface area contributed by atoms with Crippen LogP contribution >= 0.6 is 11.9 Å². The minimum atomic E-state index is 0.855. The average Bonchev–Trinajstić information content (AvgIpc) is 2.17. The molecular formula is C9H8N2S. The molecule has 0 spiro atoms. The molecule has 60 valence electrons. The van der Waals surface area contributed by atoms with E-state index >= 15 is 0 Å². The maximum atomic E-state index is 5.40. The van der Waals surface area contributed by atoms with E-state index in [2.05, 4.69) is 4.98 Å². The normalized spacial score (nSPS) is 10.4. The van der Waals surface area contributed by atoms with Gasteiger partial charge in [-0.15, -0.1) is 0 Å². The predicted octanol–water partition coefficient (Wildman–Crippen LogP) is 2.20. The molecule has 2 nitrogen and oxygen atoms in total. The van der Waals surface area contributed by atoms with E-state index in [1.54, 1.807) is 0 Å². The highest BCUT2D eigenvalue weighted by atomic mass is 32.2. The van der Waals surface area contributed by atoms with Crippen molar-refractivity contribution in [3.8, 4) is 0 Å². The second kappa shape index (κ2) is 3.13. The molecule has 0 radical (unpaired) electrons. The van der Waals surface area contributed by atoms with Crippen molar-refractivity contribution in [2.75, 3.05) is 0 Å². The summed E-state index contributed by atoms with van der Waals surface area (Å²) in [7, 11) is 0. The first-order chi connectivity index (χ1) is 5.90. The minimum absolute atomic E-state index is 0.855. The van der Waals surface area contributed by atoms with Crippen LogP contribution in [0.4, 0.5) is 0 Å². The highest BCUT2D eigenvalue weighted by molar-refractivity contribution is 7.97. The molecule has 0 saturated heterocycles. The summed E-state index contributed by atoms with van der Waals surface area (Å²) < 4.78 is 0. The Balaban J connectivity index is 2.67. The Morgan fingerprint density at radius 1 is 1.08 bits per heavy atom. The first kappa shape index (κ1) is 7.58. The van der Waals surface area contributed by atoms with E-state index in [9.17, 15) is 0 Å². The van der Waals surface area contributed by atoms with Gasteiger partial charge in [0.05, 0.1) is 5.52 Å². The minimum Gasteiger partial charge on any atom is -0.272 e. The largest absolute Gasteiger partial charge is 0.272 e. The Bertz CT molecular complexity index is 400. The lowest BCUT2D eigenvalue weighted by Gasteiger charge is -1.97. The van der Waals surface area contributed by atoms with Gasteiger partial charge in [-0.25, -0.2) is 4.98 Å². The molecule has 1 heterocycles. The molecule has 0 atom stereocenters. The lowest BCUT2D eigenvalue weighted by Crippen LogP contribution is -1.85. The summed E-state index contributed by atoms with van der Waals surface area (Å²) in [5.41, 5.74) is 0.993. The number of hydrogen-bond donors (Lipinski definition) is 1. The molecule has 0 saturated carbocycles. The number of aromatic nitrogens is 1. The standard InChI is InChI=1S/C9H8N2S/c10-12-9-6-5-7-3-1-2-4-8(7)11-9/h1-6H,10H2. The third-order valence-corrected chi connectivity index (χ3v) is 2.16. The zero-order chi connectivity index (χ0) is 8.39. The maximum absolute atomic E-state index is 5.40. The Labute approximate surface area is 74.9 Å². The van der Waals surface area contributed by atoms with Gasteiger partial charge in [-0.2, -0.15) is 0 Å². The van der Waals surface area contributed by atoms with Gasteiger partial charge >= 0.3 is 0 Å². The summed E-state index contributed by atoms with van der Waals surface area (Å²) in [6.45, 7) is 0. The van der Waals surface area contributed by atoms with Crippen molar-refractivity contribution in [1.82, 2.24) is 4.98 Å². The Morgan fingerprint density at radius 2 is 1.92 bits per heavy atom. The predicted molar refractivity (Wildman–Crippen MR) is 51.8 cm³/mol. The molecule has 0 aliphatic carbocycles. The Morgan fingerprint density at radius 3 is 2.75 bits per heavy atom. The van der Waals surface area contributed by atoms with Crippen LogP contribution in [0.3, 0.4) is 0 Å². The molecule has 2 aromatic rings. The second-order valence-corrected chi connectivity index (χ2v) is 3.11. The number of rotatable bonds is 1. The van der Waals surface area contributed by atoms with Gasteiger partial charge in [-0.3, -0.25) is 5.14 Å². The van der Waals surface area contributed by atoms with Crippen molar-refractivity contribution in [3.63, 3.8) is 0 Å². The molecule has 1 aromatic carbocycles. The first-order valence-electron chi connectivity index (χ1n) is 3.63. The van der Waals surface area contributed by atoms with Gasteiger partial charge in [-0.1, -0.05) is 24.3 Å². The summed E-state index contributed by atoms with van der Waals surface area (Å²) in [4.78, 5) is 4.33. The number of benzene rings is 1. The summed E-state index contributed by atoms with van der Waals surface area (Å²) >= 11 is 1.17. The molecule has 3 heteroatoms. The summed E-state index contributed by atoms with van der Waals surface area (Å²) in [6.07, 6.45) is 0. The van der Waals surface area contributed by atoms with Crippen LogP contribution in [0.1, 0.15) is 0 Å². The number of nitrogens with zero attached hydrogens (tertiary/aromatic N) is 1. The fourth-order valence-corrected chi connectivity index (χ4v) is 1.41. The van der Waals surface area contributed by atoms with Gasteiger partial charge in [0, 0.05) is 5.39 Å². The van der Waals surface area contributed by atoms with Crippen molar-refractivity contribution in [2.24, 2.45) is 5.14 Å². The van der Waals surface area contributed by atoms with E-state index in [0.29, 0.717) is 0 Å². The van der Waals surface area contributed by atoms with Gasteiger partial charge < -0.3 is 0 Å². The molecule has 0 fully saturated rings. The molecule has 0 aliphatic heterocycles. The van der Waals surface area contributed by atoms with Crippen molar-refractivity contribution in [2.45, 2.75) is 5.03 Å². The zero-order valence-corrected chi connectivity index (χ0v) is 7.21. The number of fused-ring (bicyclic) bond motifs is 1. The van der Waals surface area contributed by atoms with Crippen molar-refractivity contribution >= 4 is 22.9 Å². The molecule has 1 aromatic heterocycles. The SMILES string of the molecule is NSc1ccc2ccccc2n1. The monoisotopic (exact) mass is 176 g/mol. The number of pyridine rings is 1. The van der Waals surface area contributed by atoms with Crippen LogP contribution in [0, 0.1) is 0 Å². The molecule has 0 unspecified atom stereocenters. The smallest absolute Gasteiger partial charge is 0.111 e. The topological polar surface area (TPSA) is 38.9 Å². The molecule has 0 amide bonds. The molecule has 2 rings (SSSR count). The Hall–Kier alpha value is -1.06. The van der Waals surface area contributed by atoms with Crippen LogP contribution in [-0.2, 0) is 0 Å². The third-order valence-electron chi connectivity index (χ3n) is 1.69. The number of nitrogens with two attached hydrogens (primary N) is 1. The van der Waals surface area contributed by atoms with Crippen LogP contribution < -0.4 is 5.14 Å². The average molecular weight is 176 g/mol. The number of para-hydroxylation sites is 1. The van der Waals surface area contributed by atoms with E-state index in [1.165, 1.54) is 11.9 Å². The van der Waals surface area contributed by atoms with Gasteiger partial charge in [0.1, 0.15) is 5.03 Å². The lowest BCUT2D eigenvalue weighted by molar-refractivity contribution is 1.19. The van der Waals surface area contributed by atoms with Crippen LogP contribution in [0.25, 0.3) is 10.9 Å².